The molecule has 0 heterocycles. The summed E-state index contributed by atoms with van der Waals surface area (Å²) in [7, 11) is 0. The van der Waals surface area contributed by atoms with Crippen molar-refractivity contribution < 1.29 is 5.11 Å². The van der Waals surface area contributed by atoms with E-state index in [0.717, 1.165) is 6.42 Å². The van der Waals surface area contributed by atoms with Crippen LogP contribution in [0.25, 0.3) is 0 Å². The van der Waals surface area contributed by atoms with Crippen LogP contribution in [0.5, 0.6) is 0 Å². The third-order valence-corrected chi connectivity index (χ3v) is 2.79. The van der Waals surface area contributed by atoms with Crippen LogP contribution in [0.1, 0.15) is 25.8 Å². The standard InChI is InChI=1S/C14H20O/c1-4-8-13(15)14(2,3)11-12-9-6-5-7-10-12/h4-7,9-10,13,15H,1,8,11H2,2-3H3. The maximum atomic E-state index is 9.97. The fraction of sp³-hybridized carbons (Fsp3) is 0.429. The van der Waals surface area contributed by atoms with Gasteiger partial charge < -0.3 is 5.11 Å². The molecule has 0 aliphatic carbocycles. The molecule has 0 saturated heterocycles. The van der Waals surface area contributed by atoms with Crippen molar-refractivity contribution in [2.24, 2.45) is 5.41 Å². The smallest absolute Gasteiger partial charge is 0.0628 e. The van der Waals surface area contributed by atoms with Crippen molar-refractivity contribution in [2.45, 2.75) is 32.8 Å². The molecule has 1 rings (SSSR count). The molecule has 1 heteroatoms. The molecule has 0 amide bonds. The normalized spacial score (nSPS) is 13.5. The zero-order valence-corrected chi connectivity index (χ0v) is 9.61. The zero-order valence-electron chi connectivity index (χ0n) is 9.61. The SMILES string of the molecule is C=CCC(O)C(C)(C)Cc1ccccc1. The summed E-state index contributed by atoms with van der Waals surface area (Å²) < 4.78 is 0. The second-order valence-electron chi connectivity index (χ2n) is 4.69. The predicted octanol–water partition coefficient (Wildman–Crippen LogP) is 3.19. The fourth-order valence-corrected chi connectivity index (χ4v) is 1.72. The lowest BCUT2D eigenvalue weighted by molar-refractivity contribution is 0.0530. The van der Waals surface area contributed by atoms with E-state index >= 15 is 0 Å². The van der Waals surface area contributed by atoms with Gasteiger partial charge in [-0.1, -0.05) is 50.3 Å². The number of aliphatic hydroxyl groups is 1. The topological polar surface area (TPSA) is 20.2 Å². The first-order chi connectivity index (χ1) is 7.06. The van der Waals surface area contributed by atoms with Crippen LogP contribution in [0.4, 0.5) is 0 Å². The van der Waals surface area contributed by atoms with Gasteiger partial charge in [0.05, 0.1) is 6.10 Å². The van der Waals surface area contributed by atoms with Gasteiger partial charge in [0.1, 0.15) is 0 Å². The van der Waals surface area contributed by atoms with Crippen molar-refractivity contribution in [3.8, 4) is 0 Å². The van der Waals surface area contributed by atoms with Crippen LogP contribution < -0.4 is 0 Å². The summed E-state index contributed by atoms with van der Waals surface area (Å²) in [5, 5.41) is 9.97. The largest absolute Gasteiger partial charge is 0.392 e. The summed E-state index contributed by atoms with van der Waals surface area (Å²) in [6.45, 7) is 7.84. The zero-order chi connectivity index (χ0) is 11.3. The molecule has 0 aliphatic rings. The van der Waals surface area contributed by atoms with Crippen LogP contribution in [-0.2, 0) is 6.42 Å². The van der Waals surface area contributed by atoms with Crippen LogP contribution in [0.3, 0.4) is 0 Å². The minimum atomic E-state index is -0.324. The van der Waals surface area contributed by atoms with Crippen LogP contribution in [0.15, 0.2) is 43.0 Å². The predicted molar refractivity (Wildman–Crippen MR) is 64.7 cm³/mol. The van der Waals surface area contributed by atoms with Crippen LogP contribution in [-0.4, -0.2) is 11.2 Å². The first-order valence-electron chi connectivity index (χ1n) is 5.39. The fourth-order valence-electron chi connectivity index (χ4n) is 1.72. The monoisotopic (exact) mass is 204 g/mol. The van der Waals surface area contributed by atoms with Gasteiger partial charge in [0, 0.05) is 0 Å². The number of benzene rings is 1. The average Bonchev–Trinajstić information content (AvgIpc) is 2.19. The average molecular weight is 204 g/mol. The number of rotatable bonds is 5. The molecule has 0 spiro atoms. The molecule has 0 radical (unpaired) electrons. The molecule has 1 aromatic carbocycles. The van der Waals surface area contributed by atoms with Crippen molar-refractivity contribution in [1.82, 2.24) is 0 Å². The maximum absolute atomic E-state index is 9.97. The summed E-state index contributed by atoms with van der Waals surface area (Å²) in [5.41, 5.74) is 1.17. The van der Waals surface area contributed by atoms with Crippen molar-refractivity contribution in [3.05, 3.63) is 48.6 Å². The molecule has 1 unspecified atom stereocenters. The van der Waals surface area contributed by atoms with Crippen molar-refractivity contribution >= 4 is 0 Å². The minimum absolute atomic E-state index is 0.102. The van der Waals surface area contributed by atoms with Gasteiger partial charge in [0.25, 0.3) is 0 Å². The molecule has 82 valence electrons. The first kappa shape index (κ1) is 12.0. The Hall–Kier alpha value is -1.08. The van der Waals surface area contributed by atoms with E-state index in [1.807, 2.05) is 18.2 Å². The van der Waals surface area contributed by atoms with Crippen molar-refractivity contribution in [1.29, 1.82) is 0 Å². The van der Waals surface area contributed by atoms with Crippen LogP contribution >= 0.6 is 0 Å². The Morgan fingerprint density at radius 2 is 1.93 bits per heavy atom. The molecule has 0 aliphatic heterocycles. The van der Waals surface area contributed by atoms with Crippen LogP contribution in [0.2, 0.25) is 0 Å². The molecule has 1 atom stereocenters. The van der Waals surface area contributed by atoms with E-state index in [0.29, 0.717) is 6.42 Å². The van der Waals surface area contributed by atoms with E-state index in [2.05, 4.69) is 32.6 Å². The van der Waals surface area contributed by atoms with E-state index < -0.39 is 0 Å². The van der Waals surface area contributed by atoms with Gasteiger partial charge in [-0.25, -0.2) is 0 Å². The van der Waals surface area contributed by atoms with E-state index in [1.165, 1.54) is 5.56 Å². The van der Waals surface area contributed by atoms with Gasteiger partial charge in [-0.2, -0.15) is 0 Å². The molecule has 1 nitrogen and oxygen atoms in total. The number of hydrogen-bond donors (Lipinski definition) is 1. The molecular formula is C14H20O. The van der Waals surface area contributed by atoms with Gasteiger partial charge in [-0.05, 0) is 23.8 Å². The molecular weight excluding hydrogens is 184 g/mol. The van der Waals surface area contributed by atoms with Gasteiger partial charge >= 0.3 is 0 Å². The molecule has 15 heavy (non-hydrogen) atoms. The Morgan fingerprint density at radius 1 is 1.33 bits per heavy atom. The lowest BCUT2D eigenvalue weighted by atomic mass is 9.79. The lowest BCUT2D eigenvalue weighted by Gasteiger charge is -2.30. The second-order valence-corrected chi connectivity index (χ2v) is 4.69. The third-order valence-electron chi connectivity index (χ3n) is 2.79. The molecule has 0 aromatic heterocycles. The van der Waals surface area contributed by atoms with Gasteiger partial charge in [-0.15, -0.1) is 6.58 Å². The Kier molecular flexibility index (Phi) is 4.10. The maximum Gasteiger partial charge on any atom is 0.0628 e. The summed E-state index contributed by atoms with van der Waals surface area (Å²) >= 11 is 0. The Bertz CT molecular complexity index is 300. The highest BCUT2D eigenvalue weighted by Gasteiger charge is 2.26. The Morgan fingerprint density at radius 3 is 2.47 bits per heavy atom. The van der Waals surface area contributed by atoms with Crippen molar-refractivity contribution in [3.63, 3.8) is 0 Å². The van der Waals surface area contributed by atoms with Crippen LogP contribution in [0, 0.1) is 5.41 Å². The van der Waals surface area contributed by atoms with Gasteiger partial charge in [0.15, 0.2) is 0 Å². The van der Waals surface area contributed by atoms with E-state index in [9.17, 15) is 5.11 Å². The minimum Gasteiger partial charge on any atom is -0.392 e. The Balaban J connectivity index is 2.67. The van der Waals surface area contributed by atoms with Gasteiger partial charge in [0.2, 0.25) is 0 Å². The van der Waals surface area contributed by atoms with E-state index in [1.54, 1.807) is 6.08 Å². The molecule has 0 saturated carbocycles. The number of hydrogen-bond acceptors (Lipinski definition) is 1. The lowest BCUT2D eigenvalue weighted by Crippen LogP contribution is -2.31. The summed E-state index contributed by atoms with van der Waals surface area (Å²) in [6.07, 6.45) is 3.00. The third kappa shape index (κ3) is 3.52. The first-order valence-corrected chi connectivity index (χ1v) is 5.39. The summed E-state index contributed by atoms with van der Waals surface area (Å²) in [6, 6.07) is 10.3. The summed E-state index contributed by atoms with van der Waals surface area (Å²) in [5.74, 6) is 0. The second kappa shape index (κ2) is 5.13. The highest BCUT2D eigenvalue weighted by atomic mass is 16.3. The highest BCUT2D eigenvalue weighted by molar-refractivity contribution is 5.16. The van der Waals surface area contributed by atoms with Gasteiger partial charge in [-0.3, -0.25) is 0 Å². The van der Waals surface area contributed by atoms with E-state index in [4.69, 9.17) is 0 Å². The highest BCUT2D eigenvalue weighted by Crippen LogP contribution is 2.28. The molecule has 0 fully saturated rings. The molecule has 1 N–H and O–H groups in total. The molecule has 1 aromatic rings. The summed E-state index contributed by atoms with van der Waals surface area (Å²) in [4.78, 5) is 0. The van der Waals surface area contributed by atoms with E-state index in [-0.39, 0.29) is 11.5 Å². The molecule has 0 bridgehead atoms. The van der Waals surface area contributed by atoms with Crippen molar-refractivity contribution in [2.75, 3.05) is 0 Å². The number of aliphatic hydroxyl groups excluding tert-OH is 1. The Labute approximate surface area is 92.5 Å². The quantitative estimate of drug-likeness (QED) is 0.730.